The summed E-state index contributed by atoms with van der Waals surface area (Å²) in [5, 5.41) is 27.2. The third kappa shape index (κ3) is 3.55. The topological polar surface area (TPSA) is 91.0 Å². The van der Waals surface area contributed by atoms with Gasteiger partial charge in [0.25, 0.3) is 0 Å². The van der Waals surface area contributed by atoms with Gasteiger partial charge in [-0.05, 0) is 49.7 Å². The molecule has 0 atom stereocenters. The molecule has 6 heteroatoms. The summed E-state index contributed by atoms with van der Waals surface area (Å²) in [7, 11) is 0. The molecule has 0 bridgehead atoms. The molecule has 1 aromatic carbocycles. The summed E-state index contributed by atoms with van der Waals surface area (Å²) >= 11 is 0. The number of nitro groups is 1. The number of benzene rings is 1. The van der Waals surface area contributed by atoms with E-state index in [-0.39, 0.29) is 11.3 Å². The van der Waals surface area contributed by atoms with Crippen LogP contribution < -0.4 is 10.6 Å². The summed E-state index contributed by atoms with van der Waals surface area (Å²) in [5.41, 5.74) is 1.25. The number of nitrogens with one attached hydrogen (secondary N) is 2. The van der Waals surface area contributed by atoms with E-state index in [1.807, 2.05) is 6.07 Å². The zero-order chi connectivity index (χ0) is 16.2. The van der Waals surface area contributed by atoms with Crippen LogP contribution in [-0.4, -0.2) is 18.0 Å². The summed E-state index contributed by atoms with van der Waals surface area (Å²) in [6, 6.07) is 5.33. The van der Waals surface area contributed by atoms with E-state index < -0.39 is 4.92 Å². The Balaban J connectivity index is 1.79. The molecule has 0 aromatic heterocycles. The minimum atomic E-state index is -0.461. The molecule has 122 valence electrons. The van der Waals surface area contributed by atoms with Gasteiger partial charge in [-0.25, -0.2) is 0 Å². The molecule has 1 aromatic rings. The molecular formula is C17H22N4O2. The fraction of sp³-hybridized carbons (Fsp3) is 0.588. The van der Waals surface area contributed by atoms with Crippen LogP contribution in [0.15, 0.2) is 12.1 Å². The van der Waals surface area contributed by atoms with Crippen LogP contribution in [0.3, 0.4) is 0 Å². The van der Waals surface area contributed by atoms with Crippen LogP contribution in [0.25, 0.3) is 0 Å². The summed E-state index contributed by atoms with van der Waals surface area (Å²) < 4.78 is 0. The van der Waals surface area contributed by atoms with Gasteiger partial charge in [-0.15, -0.1) is 0 Å². The predicted octanol–water partition coefficient (Wildman–Crippen LogP) is 3.89. The molecule has 2 saturated carbocycles. The van der Waals surface area contributed by atoms with E-state index in [9.17, 15) is 15.4 Å². The summed E-state index contributed by atoms with van der Waals surface area (Å²) in [5.74, 6) is 1.27. The zero-order valence-electron chi connectivity index (χ0n) is 13.2. The largest absolute Gasteiger partial charge is 0.385 e. The summed E-state index contributed by atoms with van der Waals surface area (Å²) in [4.78, 5) is 10.9. The van der Waals surface area contributed by atoms with Gasteiger partial charge in [0.1, 0.15) is 17.3 Å². The van der Waals surface area contributed by atoms with Crippen molar-refractivity contribution in [1.82, 2.24) is 0 Å². The van der Waals surface area contributed by atoms with Crippen molar-refractivity contribution in [3.8, 4) is 6.07 Å². The first-order chi connectivity index (χ1) is 11.2. The van der Waals surface area contributed by atoms with E-state index >= 15 is 0 Å². The Hall–Kier alpha value is -2.29. The van der Waals surface area contributed by atoms with Crippen LogP contribution in [-0.2, 0) is 0 Å². The second kappa shape index (κ2) is 6.86. The minimum absolute atomic E-state index is 0.110. The highest BCUT2D eigenvalue weighted by molar-refractivity contribution is 5.74. The quantitative estimate of drug-likeness (QED) is 0.588. The van der Waals surface area contributed by atoms with E-state index in [1.165, 1.54) is 38.5 Å². The standard InChI is InChI=1S/C17H22N4O2/c18-9-14-7-15(19-10-12-3-1-4-12)8-16(17(14)21(22)23)20-11-13-5-2-6-13/h7-8,12-13,19-20H,1-6,10-11H2. The maximum absolute atomic E-state index is 11.4. The first kappa shape index (κ1) is 15.6. The molecule has 0 saturated heterocycles. The smallest absolute Gasteiger partial charge is 0.310 e. The van der Waals surface area contributed by atoms with Crippen molar-refractivity contribution in [2.24, 2.45) is 11.8 Å². The van der Waals surface area contributed by atoms with Gasteiger partial charge in [0, 0.05) is 18.8 Å². The van der Waals surface area contributed by atoms with Crippen molar-refractivity contribution in [3.05, 3.63) is 27.8 Å². The molecular weight excluding hydrogens is 292 g/mol. The van der Waals surface area contributed by atoms with Crippen molar-refractivity contribution < 1.29 is 4.92 Å². The highest BCUT2D eigenvalue weighted by atomic mass is 16.6. The number of anilines is 2. The monoisotopic (exact) mass is 314 g/mol. The van der Waals surface area contributed by atoms with Crippen LogP contribution in [0.1, 0.15) is 44.1 Å². The molecule has 0 radical (unpaired) electrons. The third-order valence-corrected chi connectivity index (χ3v) is 5.04. The van der Waals surface area contributed by atoms with Gasteiger partial charge in [-0.3, -0.25) is 10.1 Å². The molecule has 0 heterocycles. The Morgan fingerprint density at radius 2 is 1.74 bits per heavy atom. The Labute approximate surface area is 136 Å². The van der Waals surface area contributed by atoms with Crippen molar-refractivity contribution in [1.29, 1.82) is 5.26 Å². The Morgan fingerprint density at radius 1 is 1.13 bits per heavy atom. The molecule has 2 aliphatic carbocycles. The molecule has 0 amide bonds. The van der Waals surface area contributed by atoms with Crippen molar-refractivity contribution in [2.75, 3.05) is 23.7 Å². The summed E-state index contributed by atoms with van der Waals surface area (Å²) in [6.07, 6.45) is 7.33. The Bertz CT molecular complexity index is 630. The van der Waals surface area contributed by atoms with E-state index in [0.717, 1.165) is 18.8 Å². The van der Waals surface area contributed by atoms with Crippen molar-refractivity contribution in [2.45, 2.75) is 38.5 Å². The molecule has 2 fully saturated rings. The SMILES string of the molecule is N#Cc1cc(NCC2CCC2)cc(NCC2CCC2)c1[N+](=O)[O-]. The first-order valence-corrected chi connectivity index (χ1v) is 8.37. The second-order valence-electron chi connectivity index (χ2n) is 6.64. The third-order valence-electron chi connectivity index (χ3n) is 5.04. The highest BCUT2D eigenvalue weighted by Gasteiger charge is 2.24. The molecule has 23 heavy (non-hydrogen) atoms. The first-order valence-electron chi connectivity index (χ1n) is 8.37. The van der Waals surface area contributed by atoms with E-state index in [2.05, 4.69) is 10.6 Å². The molecule has 3 rings (SSSR count). The fourth-order valence-electron chi connectivity index (χ4n) is 3.06. The highest BCUT2D eigenvalue weighted by Crippen LogP contribution is 2.34. The fourth-order valence-corrected chi connectivity index (χ4v) is 3.06. The number of nitrogens with zero attached hydrogens (tertiary/aromatic N) is 2. The molecule has 6 nitrogen and oxygen atoms in total. The van der Waals surface area contributed by atoms with Crippen LogP contribution in [0.5, 0.6) is 0 Å². The molecule has 0 unspecified atom stereocenters. The predicted molar refractivity (Wildman–Crippen MR) is 89.5 cm³/mol. The number of nitro benzene ring substituents is 1. The average molecular weight is 314 g/mol. The lowest BCUT2D eigenvalue weighted by molar-refractivity contribution is -0.384. The average Bonchev–Trinajstić information content (AvgIpc) is 2.43. The lowest BCUT2D eigenvalue weighted by Gasteiger charge is -2.27. The van der Waals surface area contributed by atoms with Gasteiger partial charge in [0.2, 0.25) is 0 Å². The zero-order valence-corrected chi connectivity index (χ0v) is 13.2. The van der Waals surface area contributed by atoms with Crippen LogP contribution in [0.4, 0.5) is 17.1 Å². The molecule has 0 spiro atoms. The number of hydrogen-bond donors (Lipinski definition) is 2. The van der Waals surface area contributed by atoms with Crippen molar-refractivity contribution >= 4 is 17.1 Å². The number of rotatable bonds is 7. The van der Waals surface area contributed by atoms with Crippen LogP contribution in [0.2, 0.25) is 0 Å². The van der Waals surface area contributed by atoms with Crippen molar-refractivity contribution in [3.63, 3.8) is 0 Å². The summed E-state index contributed by atoms with van der Waals surface area (Å²) in [6.45, 7) is 1.60. The number of nitriles is 1. The Kier molecular flexibility index (Phi) is 4.65. The van der Waals surface area contributed by atoms with Gasteiger partial charge in [-0.1, -0.05) is 12.8 Å². The van der Waals surface area contributed by atoms with Gasteiger partial charge in [-0.2, -0.15) is 5.26 Å². The molecule has 2 N–H and O–H groups in total. The normalized spacial score (nSPS) is 17.7. The minimum Gasteiger partial charge on any atom is -0.385 e. The number of hydrogen-bond acceptors (Lipinski definition) is 5. The van der Waals surface area contributed by atoms with Gasteiger partial charge < -0.3 is 10.6 Å². The van der Waals surface area contributed by atoms with E-state index in [4.69, 9.17) is 0 Å². The van der Waals surface area contributed by atoms with Gasteiger partial charge in [0.05, 0.1) is 4.92 Å². The van der Waals surface area contributed by atoms with Gasteiger partial charge >= 0.3 is 5.69 Å². The van der Waals surface area contributed by atoms with Crippen LogP contribution in [0, 0.1) is 33.3 Å². The lowest BCUT2D eigenvalue weighted by atomic mass is 9.85. The second-order valence-corrected chi connectivity index (χ2v) is 6.64. The molecule has 0 aliphatic heterocycles. The molecule has 2 aliphatic rings. The maximum atomic E-state index is 11.4. The lowest BCUT2D eigenvalue weighted by Crippen LogP contribution is -2.22. The van der Waals surface area contributed by atoms with E-state index in [0.29, 0.717) is 17.5 Å². The Morgan fingerprint density at radius 3 is 2.22 bits per heavy atom. The van der Waals surface area contributed by atoms with E-state index in [1.54, 1.807) is 12.1 Å². The van der Waals surface area contributed by atoms with Gasteiger partial charge in [0.15, 0.2) is 0 Å². The van der Waals surface area contributed by atoms with Crippen LogP contribution >= 0.6 is 0 Å². The maximum Gasteiger partial charge on any atom is 0.310 e.